The van der Waals surface area contributed by atoms with Gasteiger partial charge >= 0.3 is 0 Å². The molecule has 2 rings (SSSR count). The number of aryl methyl sites for hydroxylation is 1. The zero-order valence-corrected chi connectivity index (χ0v) is 13.0. The van der Waals surface area contributed by atoms with Crippen molar-refractivity contribution >= 4 is 46.2 Å². The molecule has 0 saturated carbocycles. The van der Waals surface area contributed by atoms with Gasteiger partial charge in [0.05, 0.1) is 15.1 Å². The van der Waals surface area contributed by atoms with E-state index in [1.807, 2.05) is 12.3 Å². The van der Waals surface area contributed by atoms with Gasteiger partial charge in [0.2, 0.25) is 0 Å². The largest absolute Gasteiger partial charge is 0.372 e. The van der Waals surface area contributed by atoms with Gasteiger partial charge in [0.15, 0.2) is 0 Å². The molecule has 0 aliphatic rings. The number of hydrogen-bond acceptors (Lipinski definition) is 5. The molecule has 0 aliphatic carbocycles. The molecule has 7 heteroatoms. The molecule has 0 unspecified atom stereocenters. The second kappa shape index (κ2) is 6.41. The summed E-state index contributed by atoms with van der Waals surface area (Å²) in [5.74, 6) is 1.24. The second-order valence-electron chi connectivity index (χ2n) is 3.96. The van der Waals surface area contributed by atoms with E-state index in [4.69, 9.17) is 23.2 Å². The molecule has 19 heavy (non-hydrogen) atoms. The smallest absolute Gasteiger partial charge is 0.147 e. The van der Waals surface area contributed by atoms with Crippen LogP contribution < -0.4 is 10.6 Å². The van der Waals surface area contributed by atoms with Gasteiger partial charge in [0.25, 0.3) is 0 Å². The Morgan fingerprint density at radius 3 is 2.58 bits per heavy atom. The van der Waals surface area contributed by atoms with Gasteiger partial charge in [-0.25, -0.2) is 9.97 Å². The summed E-state index contributed by atoms with van der Waals surface area (Å²) in [7, 11) is 1.77. The molecule has 0 bridgehead atoms. The summed E-state index contributed by atoms with van der Waals surface area (Å²) in [6.45, 7) is 2.72. The number of thiazole rings is 1. The van der Waals surface area contributed by atoms with Crippen LogP contribution in [0.4, 0.5) is 11.6 Å². The Morgan fingerprint density at radius 2 is 1.95 bits per heavy atom. The Labute approximate surface area is 126 Å². The monoisotopic (exact) mass is 316 g/mol. The van der Waals surface area contributed by atoms with Crippen molar-refractivity contribution in [3.8, 4) is 0 Å². The van der Waals surface area contributed by atoms with Gasteiger partial charge in [-0.3, -0.25) is 0 Å². The molecule has 0 aromatic carbocycles. The number of rotatable bonds is 5. The molecule has 2 N–H and O–H groups in total. The van der Waals surface area contributed by atoms with Crippen LogP contribution in [0.25, 0.3) is 0 Å². The summed E-state index contributed by atoms with van der Waals surface area (Å²) in [5, 5.41) is 10.3. The van der Waals surface area contributed by atoms with Crippen molar-refractivity contribution in [1.29, 1.82) is 0 Å². The molecule has 0 spiro atoms. The van der Waals surface area contributed by atoms with Crippen molar-refractivity contribution < 1.29 is 0 Å². The van der Waals surface area contributed by atoms with Crippen LogP contribution in [0.2, 0.25) is 10.0 Å². The number of halogens is 2. The first kappa shape index (κ1) is 14.4. The van der Waals surface area contributed by atoms with Crippen molar-refractivity contribution in [2.45, 2.75) is 13.3 Å². The molecule has 0 radical (unpaired) electrons. The fourth-order valence-electron chi connectivity index (χ4n) is 1.57. The van der Waals surface area contributed by atoms with Crippen LogP contribution in [-0.2, 0) is 6.42 Å². The van der Waals surface area contributed by atoms with E-state index in [-0.39, 0.29) is 0 Å². The molecular formula is C12H14Cl2N4S. The second-order valence-corrected chi connectivity index (χ2v) is 5.72. The predicted octanol–water partition coefficient (Wildman–Crippen LogP) is 3.85. The first-order valence-corrected chi connectivity index (χ1v) is 7.42. The minimum atomic E-state index is 0.508. The van der Waals surface area contributed by atoms with Crippen molar-refractivity contribution in [1.82, 2.24) is 9.97 Å². The summed E-state index contributed by atoms with van der Waals surface area (Å²) in [6.07, 6.45) is 0.841. The van der Waals surface area contributed by atoms with Gasteiger partial charge < -0.3 is 10.6 Å². The highest BCUT2D eigenvalue weighted by molar-refractivity contribution is 7.09. The van der Waals surface area contributed by atoms with Crippen LogP contribution in [0.1, 0.15) is 10.7 Å². The first-order chi connectivity index (χ1) is 9.10. The molecule has 102 valence electrons. The summed E-state index contributed by atoms with van der Waals surface area (Å²) in [4.78, 5) is 8.73. The zero-order valence-electron chi connectivity index (χ0n) is 10.6. The van der Waals surface area contributed by atoms with Crippen LogP contribution in [-0.4, -0.2) is 23.6 Å². The SMILES string of the molecule is CNc1nc(NCCc2nc(C)cs2)c(Cl)cc1Cl. The van der Waals surface area contributed by atoms with E-state index >= 15 is 0 Å². The first-order valence-electron chi connectivity index (χ1n) is 5.79. The third-order valence-corrected chi connectivity index (χ3v) is 4.07. The molecular weight excluding hydrogens is 303 g/mol. The average Bonchev–Trinajstić information content (AvgIpc) is 2.78. The Kier molecular flexibility index (Phi) is 4.85. The maximum atomic E-state index is 6.09. The van der Waals surface area contributed by atoms with E-state index in [9.17, 15) is 0 Å². The molecule has 2 aromatic rings. The number of hydrogen-bond donors (Lipinski definition) is 2. The number of pyridine rings is 1. The average molecular weight is 317 g/mol. The topological polar surface area (TPSA) is 49.8 Å². The number of nitrogens with one attached hydrogen (secondary N) is 2. The van der Waals surface area contributed by atoms with Crippen LogP contribution in [0, 0.1) is 6.92 Å². The fourth-order valence-corrected chi connectivity index (χ4v) is 2.87. The number of aromatic nitrogens is 2. The summed E-state index contributed by atoms with van der Waals surface area (Å²) < 4.78 is 0. The van der Waals surface area contributed by atoms with Crippen molar-refractivity contribution in [3.63, 3.8) is 0 Å². The van der Waals surface area contributed by atoms with Crippen LogP contribution in [0.15, 0.2) is 11.4 Å². The molecule has 4 nitrogen and oxygen atoms in total. The lowest BCUT2D eigenvalue weighted by Crippen LogP contribution is -2.08. The lowest BCUT2D eigenvalue weighted by atomic mass is 10.4. The molecule has 0 saturated heterocycles. The minimum Gasteiger partial charge on any atom is -0.372 e. The normalized spacial score (nSPS) is 10.5. The van der Waals surface area contributed by atoms with Crippen LogP contribution >= 0.6 is 34.5 Å². The standard InChI is InChI=1S/C12H14Cl2N4S/c1-7-6-19-10(17-7)3-4-16-12-9(14)5-8(13)11(15-2)18-12/h5-6H,3-4H2,1-2H3,(H2,15,16,18). The maximum absolute atomic E-state index is 6.09. The van der Waals surface area contributed by atoms with E-state index in [0.717, 1.165) is 23.7 Å². The van der Waals surface area contributed by atoms with Gasteiger partial charge in [-0.05, 0) is 13.0 Å². The third-order valence-electron chi connectivity index (χ3n) is 2.46. The summed E-state index contributed by atoms with van der Waals surface area (Å²) in [6, 6.07) is 1.68. The minimum absolute atomic E-state index is 0.508. The molecule has 2 heterocycles. The summed E-state index contributed by atoms with van der Waals surface area (Å²) >= 11 is 13.7. The van der Waals surface area contributed by atoms with Crippen molar-refractivity contribution in [3.05, 3.63) is 32.2 Å². The predicted molar refractivity (Wildman–Crippen MR) is 82.8 cm³/mol. The highest BCUT2D eigenvalue weighted by Crippen LogP contribution is 2.28. The molecule has 0 aliphatic heterocycles. The summed E-state index contributed by atoms with van der Waals surface area (Å²) in [5.41, 5.74) is 1.06. The number of anilines is 2. The Bertz CT molecular complexity index is 571. The number of nitrogens with zero attached hydrogens (tertiary/aromatic N) is 2. The van der Waals surface area contributed by atoms with Gasteiger partial charge in [-0.1, -0.05) is 23.2 Å². The molecule has 0 atom stereocenters. The van der Waals surface area contributed by atoms with E-state index in [1.165, 1.54) is 0 Å². The zero-order chi connectivity index (χ0) is 13.8. The van der Waals surface area contributed by atoms with Crippen LogP contribution in [0.5, 0.6) is 0 Å². The van der Waals surface area contributed by atoms with E-state index in [1.54, 1.807) is 24.5 Å². The fraction of sp³-hybridized carbons (Fsp3) is 0.333. The van der Waals surface area contributed by atoms with E-state index < -0.39 is 0 Å². The molecule has 0 fully saturated rings. The van der Waals surface area contributed by atoms with Gasteiger partial charge in [-0.2, -0.15) is 0 Å². The Hall–Kier alpha value is -1.04. The van der Waals surface area contributed by atoms with Crippen LogP contribution in [0.3, 0.4) is 0 Å². The van der Waals surface area contributed by atoms with Gasteiger partial charge in [-0.15, -0.1) is 11.3 Å². The van der Waals surface area contributed by atoms with Gasteiger partial charge in [0, 0.05) is 31.1 Å². The Balaban J connectivity index is 1.99. The van der Waals surface area contributed by atoms with Gasteiger partial charge in [0.1, 0.15) is 11.6 Å². The van der Waals surface area contributed by atoms with E-state index in [0.29, 0.717) is 21.7 Å². The highest BCUT2D eigenvalue weighted by atomic mass is 35.5. The van der Waals surface area contributed by atoms with Crippen molar-refractivity contribution in [2.24, 2.45) is 0 Å². The quantitative estimate of drug-likeness (QED) is 0.879. The molecule has 0 amide bonds. The highest BCUT2D eigenvalue weighted by Gasteiger charge is 2.08. The third kappa shape index (κ3) is 3.72. The lowest BCUT2D eigenvalue weighted by molar-refractivity contribution is 0.978. The van der Waals surface area contributed by atoms with Crippen molar-refractivity contribution in [2.75, 3.05) is 24.2 Å². The van der Waals surface area contributed by atoms with E-state index in [2.05, 4.69) is 20.6 Å². The Morgan fingerprint density at radius 1 is 1.21 bits per heavy atom. The molecule has 2 aromatic heterocycles. The lowest BCUT2D eigenvalue weighted by Gasteiger charge is -2.10. The maximum Gasteiger partial charge on any atom is 0.147 e.